The fourth-order valence-corrected chi connectivity index (χ4v) is 1.69. The number of aromatic nitrogens is 2. The topological polar surface area (TPSA) is 45.8 Å². The number of hydrogen-bond donors (Lipinski definition) is 1. The Morgan fingerprint density at radius 1 is 1.27 bits per heavy atom. The lowest BCUT2D eigenvalue weighted by Crippen LogP contribution is -1.88. The molecule has 1 aromatic carbocycles. The van der Waals surface area contributed by atoms with E-state index in [0.717, 1.165) is 29.1 Å². The van der Waals surface area contributed by atoms with Crippen molar-refractivity contribution >= 4 is 6.29 Å². The van der Waals surface area contributed by atoms with Crippen molar-refractivity contribution in [3.63, 3.8) is 0 Å². The summed E-state index contributed by atoms with van der Waals surface area (Å²) >= 11 is 0. The van der Waals surface area contributed by atoms with Crippen LogP contribution in [0.1, 0.15) is 21.9 Å². The van der Waals surface area contributed by atoms with Crippen LogP contribution >= 0.6 is 0 Å². The average molecular weight is 200 g/mol. The van der Waals surface area contributed by atoms with E-state index in [9.17, 15) is 4.79 Å². The molecule has 0 aliphatic rings. The van der Waals surface area contributed by atoms with Gasteiger partial charge in [0.1, 0.15) is 5.82 Å². The number of H-pyrrole nitrogens is 1. The van der Waals surface area contributed by atoms with Crippen molar-refractivity contribution in [2.75, 3.05) is 0 Å². The van der Waals surface area contributed by atoms with Crippen LogP contribution in [0.15, 0.2) is 24.3 Å². The van der Waals surface area contributed by atoms with E-state index < -0.39 is 0 Å². The molecule has 2 rings (SSSR count). The predicted octanol–water partition coefficient (Wildman–Crippen LogP) is 2.51. The summed E-state index contributed by atoms with van der Waals surface area (Å²) < 4.78 is 0. The first kappa shape index (κ1) is 9.65. The zero-order valence-electron chi connectivity index (χ0n) is 8.74. The molecular weight excluding hydrogens is 188 g/mol. The molecule has 0 aliphatic heterocycles. The SMILES string of the molecule is Cc1nc(-c2ccccc2C=O)c(C)[nH]1. The van der Waals surface area contributed by atoms with Gasteiger partial charge in [0.05, 0.1) is 5.69 Å². The quantitative estimate of drug-likeness (QED) is 0.757. The summed E-state index contributed by atoms with van der Waals surface area (Å²) in [5.41, 5.74) is 3.40. The van der Waals surface area contributed by atoms with E-state index in [-0.39, 0.29) is 0 Å². The monoisotopic (exact) mass is 200 g/mol. The van der Waals surface area contributed by atoms with Crippen molar-refractivity contribution in [2.45, 2.75) is 13.8 Å². The largest absolute Gasteiger partial charge is 0.346 e. The van der Waals surface area contributed by atoms with Gasteiger partial charge in [-0.2, -0.15) is 0 Å². The normalized spacial score (nSPS) is 10.3. The van der Waals surface area contributed by atoms with Crippen molar-refractivity contribution in [1.29, 1.82) is 0 Å². The molecule has 2 aromatic rings. The molecule has 76 valence electrons. The number of nitrogens with one attached hydrogen (secondary N) is 1. The fraction of sp³-hybridized carbons (Fsp3) is 0.167. The van der Waals surface area contributed by atoms with E-state index in [2.05, 4.69) is 9.97 Å². The van der Waals surface area contributed by atoms with Gasteiger partial charge in [0.15, 0.2) is 6.29 Å². The summed E-state index contributed by atoms with van der Waals surface area (Å²) in [5, 5.41) is 0. The van der Waals surface area contributed by atoms with Gasteiger partial charge in [0, 0.05) is 16.8 Å². The van der Waals surface area contributed by atoms with Gasteiger partial charge in [-0.05, 0) is 13.8 Å². The summed E-state index contributed by atoms with van der Waals surface area (Å²) in [7, 11) is 0. The lowest BCUT2D eigenvalue weighted by atomic mass is 10.0. The first-order valence-corrected chi connectivity index (χ1v) is 4.80. The highest BCUT2D eigenvalue weighted by Gasteiger charge is 2.09. The van der Waals surface area contributed by atoms with Crippen LogP contribution in [0.25, 0.3) is 11.3 Å². The number of imidazole rings is 1. The molecule has 0 spiro atoms. The molecule has 0 unspecified atom stereocenters. The maximum atomic E-state index is 10.9. The lowest BCUT2D eigenvalue weighted by Gasteiger charge is -2.01. The molecule has 0 fully saturated rings. The molecule has 0 atom stereocenters. The van der Waals surface area contributed by atoms with E-state index >= 15 is 0 Å². The summed E-state index contributed by atoms with van der Waals surface area (Å²) in [4.78, 5) is 18.4. The van der Waals surface area contributed by atoms with Crippen LogP contribution < -0.4 is 0 Å². The van der Waals surface area contributed by atoms with Gasteiger partial charge in [0.25, 0.3) is 0 Å². The Morgan fingerprint density at radius 3 is 2.60 bits per heavy atom. The van der Waals surface area contributed by atoms with Gasteiger partial charge in [0.2, 0.25) is 0 Å². The molecule has 3 nitrogen and oxygen atoms in total. The Bertz CT molecular complexity index is 500. The second-order valence-corrected chi connectivity index (χ2v) is 3.50. The number of carbonyl (C=O) groups excluding carboxylic acids is 1. The average Bonchev–Trinajstić information content (AvgIpc) is 2.57. The number of benzene rings is 1. The molecular formula is C12H12N2O. The number of nitrogens with zero attached hydrogens (tertiary/aromatic N) is 1. The summed E-state index contributed by atoms with van der Waals surface area (Å²) in [6.45, 7) is 3.86. The highest BCUT2D eigenvalue weighted by atomic mass is 16.1. The molecule has 0 amide bonds. The Morgan fingerprint density at radius 2 is 2.00 bits per heavy atom. The second kappa shape index (κ2) is 3.69. The number of aryl methyl sites for hydroxylation is 2. The van der Waals surface area contributed by atoms with Gasteiger partial charge in [-0.15, -0.1) is 0 Å². The van der Waals surface area contributed by atoms with E-state index in [1.54, 1.807) is 6.07 Å². The molecule has 0 saturated heterocycles. The molecule has 0 bridgehead atoms. The summed E-state index contributed by atoms with van der Waals surface area (Å²) in [6, 6.07) is 7.46. The van der Waals surface area contributed by atoms with E-state index in [1.165, 1.54) is 0 Å². The van der Waals surface area contributed by atoms with Gasteiger partial charge in [-0.3, -0.25) is 4.79 Å². The molecule has 0 aliphatic carbocycles. The third-order valence-electron chi connectivity index (χ3n) is 2.35. The Hall–Kier alpha value is -1.90. The third kappa shape index (κ3) is 1.68. The van der Waals surface area contributed by atoms with Crippen LogP contribution in [-0.2, 0) is 0 Å². The second-order valence-electron chi connectivity index (χ2n) is 3.50. The van der Waals surface area contributed by atoms with E-state index in [1.807, 2.05) is 32.0 Å². The smallest absolute Gasteiger partial charge is 0.150 e. The Labute approximate surface area is 88.2 Å². The standard InChI is InChI=1S/C12H12N2O/c1-8-12(14-9(2)13-8)11-6-4-3-5-10(11)7-15/h3-7H,1-2H3,(H,13,14). The van der Waals surface area contributed by atoms with Crippen molar-refractivity contribution in [3.05, 3.63) is 41.3 Å². The zero-order valence-corrected chi connectivity index (χ0v) is 8.74. The number of hydrogen-bond acceptors (Lipinski definition) is 2. The molecule has 1 heterocycles. The predicted molar refractivity (Wildman–Crippen MR) is 58.9 cm³/mol. The van der Waals surface area contributed by atoms with E-state index in [4.69, 9.17) is 0 Å². The van der Waals surface area contributed by atoms with Crippen LogP contribution in [0.5, 0.6) is 0 Å². The molecule has 15 heavy (non-hydrogen) atoms. The van der Waals surface area contributed by atoms with Crippen LogP contribution in [0.2, 0.25) is 0 Å². The third-order valence-corrected chi connectivity index (χ3v) is 2.35. The first-order valence-electron chi connectivity index (χ1n) is 4.80. The molecule has 0 saturated carbocycles. The minimum Gasteiger partial charge on any atom is -0.346 e. The van der Waals surface area contributed by atoms with E-state index in [0.29, 0.717) is 5.56 Å². The van der Waals surface area contributed by atoms with Crippen LogP contribution in [-0.4, -0.2) is 16.3 Å². The minimum atomic E-state index is 0.673. The van der Waals surface area contributed by atoms with Crippen molar-refractivity contribution in [2.24, 2.45) is 0 Å². The number of carbonyl (C=O) groups is 1. The van der Waals surface area contributed by atoms with Crippen molar-refractivity contribution in [3.8, 4) is 11.3 Å². The number of aromatic amines is 1. The molecule has 1 N–H and O–H groups in total. The van der Waals surface area contributed by atoms with Crippen molar-refractivity contribution < 1.29 is 4.79 Å². The Balaban J connectivity index is 2.63. The maximum absolute atomic E-state index is 10.9. The number of aldehydes is 1. The lowest BCUT2D eigenvalue weighted by molar-refractivity contribution is 0.112. The molecule has 1 aromatic heterocycles. The van der Waals surface area contributed by atoms with Gasteiger partial charge in [-0.1, -0.05) is 24.3 Å². The van der Waals surface area contributed by atoms with Gasteiger partial charge in [-0.25, -0.2) is 4.98 Å². The fourth-order valence-electron chi connectivity index (χ4n) is 1.69. The number of rotatable bonds is 2. The van der Waals surface area contributed by atoms with Crippen LogP contribution in [0.4, 0.5) is 0 Å². The van der Waals surface area contributed by atoms with Gasteiger partial charge < -0.3 is 4.98 Å². The summed E-state index contributed by atoms with van der Waals surface area (Å²) in [6.07, 6.45) is 0.860. The zero-order chi connectivity index (χ0) is 10.8. The Kier molecular flexibility index (Phi) is 2.37. The molecule has 0 radical (unpaired) electrons. The van der Waals surface area contributed by atoms with Crippen molar-refractivity contribution in [1.82, 2.24) is 9.97 Å². The first-order chi connectivity index (χ1) is 7.22. The van der Waals surface area contributed by atoms with Gasteiger partial charge >= 0.3 is 0 Å². The highest BCUT2D eigenvalue weighted by Crippen LogP contribution is 2.23. The minimum absolute atomic E-state index is 0.673. The molecule has 3 heteroatoms. The van der Waals surface area contributed by atoms with Crippen LogP contribution in [0, 0.1) is 13.8 Å². The highest BCUT2D eigenvalue weighted by molar-refractivity contribution is 5.87. The summed E-state index contributed by atoms with van der Waals surface area (Å²) in [5.74, 6) is 0.864. The van der Waals surface area contributed by atoms with Crippen LogP contribution in [0.3, 0.4) is 0 Å². The maximum Gasteiger partial charge on any atom is 0.150 e.